The van der Waals surface area contributed by atoms with Gasteiger partial charge in [0.25, 0.3) is 17.7 Å². The van der Waals surface area contributed by atoms with Gasteiger partial charge in [-0.25, -0.2) is 18.6 Å². The molecule has 1 fully saturated rings. The second-order valence-electron chi connectivity index (χ2n) is 8.73. The Kier molecular flexibility index (Phi) is 6.16. The topological polar surface area (TPSA) is 86.6 Å². The molecule has 0 aliphatic carbocycles. The molecule has 198 valence electrons. The van der Waals surface area contributed by atoms with Gasteiger partial charge in [0.1, 0.15) is 5.69 Å². The van der Waals surface area contributed by atoms with Gasteiger partial charge in [-0.2, -0.15) is 18.3 Å². The van der Waals surface area contributed by atoms with Crippen LogP contribution in [0.15, 0.2) is 54.6 Å². The highest BCUT2D eigenvalue weighted by atomic mass is 19.4. The molecule has 1 aliphatic heterocycles. The van der Waals surface area contributed by atoms with Crippen molar-refractivity contribution < 1.29 is 41.0 Å². The lowest BCUT2D eigenvalue weighted by atomic mass is 10.0. The number of carbonyl (C=O) groups excluding carboxylic acids is 2. The molecule has 4 aromatic rings. The first kappa shape index (κ1) is 25.4. The van der Waals surface area contributed by atoms with Crippen LogP contribution in [-0.2, 0) is 11.8 Å². The van der Waals surface area contributed by atoms with Gasteiger partial charge in [0.15, 0.2) is 11.9 Å². The molecule has 1 amide bonds. The standard InChI is InChI=1S/C25H19F5N4O4/c1-33-20(15-7-3-5-9-17(15)32-33)22(35)34-11-10-24(26,27)19(13-34)38-21-18(37-23(36)25(28,29)30)12-14-6-2-4-8-16(14)31-21/h2-9,12,19H,10-11,13H2,1H3/t19-/m0/s1. The Labute approximate surface area is 211 Å². The first-order valence-electron chi connectivity index (χ1n) is 11.4. The third kappa shape index (κ3) is 4.71. The van der Waals surface area contributed by atoms with Crippen molar-refractivity contribution in [1.82, 2.24) is 19.7 Å². The number of aryl methyl sites for hydroxylation is 1. The van der Waals surface area contributed by atoms with E-state index in [-0.39, 0.29) is 17.8 Å². The molecular formula is C25H19F5N4O4. The number of hydrogen-bond acceptors (Lipinski definition) is 6. The Bertz CT molecular complexity index is 1550. The first-order valence-corrected chi connectivity index (χ1v) is 11.4. The third-order valence-electron chi connectivity index (χ3n) is 6.15. The minimum absolute atomic E-state index is 0.188. The van der Waals surface area contributed by atoms with Crippen LogP contribution in [-0.4, -0.2) is 62.8 Å². The van der Waals surface area contributed by atoms with Crippen LogP contribution in [0.4, 0.5) is 22.0 Å². The van der Waals surface area contributed by atoms with E-state index in [0.29, 0.717) is 16.3 Å². The van der Waals surface area contributed by atoms with E-state index in [9.17, 15) is 31.5 Å². The summed E-state index contributed by atoms with van der Waals surface area (Å²) < 4.78 is 79.8. The fourth-order valence-electron chi connectivity index (χ4n) is 4.26. The highest BCUT2D eigenvalue weighted by Crippen LogP contribution is 2.37. The largest absolute Gasteiger partial charge is 0.491 e. The summed E-state index contributed by atoms with van der Waals surface area (Å²) in [6.45, 7) is -0.904. The lowest BCUT2D eigenvalue weighted by molar-refractivity contribution is -0.190. The molecule has 1 aliphatic rings. The molecule has 38 heavy (non-hydrogen) atoms. The summed E-state index contributed by atoms with van der Waals surface area (Å²) in [5, 5.41) is 5.10. The maximum atomic E-state index is 15.0. The van der Waals surface area contributed by atoms with Crippen molar-refractivity contribution in [3.63, 3.8) is 0 Å². The Morgan fingerprint density at radius 3 is 2.47 bits per heavy atom. The Balaban J connectivity index is 1.47. The number of carbonyl (C=O) groups is 2. The molecule has 2 aromatic carbocycles. The number of rotatable bonds is 4. The number of fused-ring (bicyclic) bond motifs is 2. The second-order valence-corrected chi connectivity index (χ2v) is 8.73. The van der Waals surface area contributed by atoms with Gasteiger partial charge in [0.2, 0.25) is 0 Å². The van der Waals surface area contributed by atoms with Crippen LogP contribution in [0.2, 0.25) is 0 Å². The fourth-order valence-corrected chi connectivity index (χ4v) is 4.26. The highest BCUT2D eigenvalue weighted by Gasteiger charge is 2.48. The van der Waals surface area contributed by atoms with Crippen molar-refractivity contribution in [1.29, 1.82) is 0 Å². The van der Waals surface area contributed by atoms with Crippen molar-refractivity contribution in [2.24, 2.45) is 7.05 Å². The molecule has 1 saturated heterocycles. The van der Waals surface area contributed by atoms with E-state index in [4.69, 9.17) is 4.74 Å². The van der Waals surface area contributed by atoms with Gasteiger partial charge in [-0.3, -0.25) is 9.48 Å². The van der Waals surface area contributed by atoms with Crippen LogP contribution in [0.5, 0.6) is 11.6 Å². The Hall–Kier alpha value is -4.29. The van der Waals surface area contributed by atoms with Gasteiger partial charge < -0.3 is 14.4 Å². The lowest BCUT2D eigenvalue weighted by Gasteiger charge is -2.38. The molecule has 0 unspecified atom stereocenters. The van der Waals surface area contributed by atoms with Gasteiger partial charge in [-0.15, -0.1) is 0 Å². The van der Waals surface area contributed by atoms with Crippen molar-refractivity contribution in [2.45, 2.75) is 24.6 Å². The molecule has 5 rings (SSSR count). The number of aromatic nitrogens is 3. The molecule has 0 bridgehead atoms. The lowest BCUT2D eigenvalue weighted by Crippen LogP contribution is -2.55. The minimum Gasteiger partial charge on any atom is -0.463 e. The molecular weight excluding hydrogens is 515 g/mol. The molecule has 0 saturated carbocycles. The molecule has 2 aromatic heterocycles. The number of benzene rings is 2. The smallest absolute Gasteiger partial charge is 0.463 e. The third-order valence-corrected chi connectivity index (χ3v) is 6.15. The van der Waals surface area contributed by atoms with Crippen LogP contribution in [0.25, 0.3) is 21.8 Å². The zero-order valence-corrected chi connectivity index (χ0v) is 19.7. The number of alkyl halides is 5. The first-order chi connectivity index (χ1) is 17.9. The summed E-state index contributed by atoms with van der Waals surface area (Å²) in [7, 11) is 1.56. The van der Waals surface area contributed by atoms with E-state index >= 15 is 0 Å². The monoisotopic (exact) mass is 534 g/mol. The van der Waals surface area contributed by atoms with E-state index in [2.05, 4.69) is 14.8 Å². The van der Waals surface area contributed by atoms with Crippen LogP contribution in [0.1, 0.15) is 16.9 Å². The Morgan fingerprint density at radius 2 is 1.74 bits per heavy atom. The summed E-state index contributed by atoms with van der Waals surface area (Å²) in [6, 6.07) is 14.0. The van der Waals surface area contributed by atoms with Gasteiger partial charge >= 0.3 is 12.1 Å². The summed E-state index contributed by atoms with van der Waals surface area (Å²) in [5.74, 6) is -8.10. The number of likely N-dealkylation sites (tertiary alicyclic amines) is 1. The Morgan fingerprint density at radius 1 is 1.05 bits per heavy atom. The van der Waals surface area contributed by atoms with Crippen LogP contribution in [0.3, 0.4) is 0 Å². The van der Waals surface area contributed by atoms with Crippen molar-refractivity contribution >= 4 is 33.7 Å². The van der Waals surface area contributed by atoms with Crippen LogP contribution in [0, 0.1) is 0 Å². The number of esters is 1. The van der Waals surface area contributed by atoms with Crippen molar-refractivity contribution in [2.75, 3.05) is 13.1 Å². The molecule has 13 heteroatoms. The van der Waals surface area contributed by atoms with Gasteiger partial charge in [0.05, 0.1) is 17.6 Å². The number of hydrogen-bond donors (Lipinski definition) is 0. The minimum atomic E-state index is -5.34. The van der Waals surface area contributed by atoms with Crippen molar-refractivity contribution in [3.05, 3.63) is 60.3 Å². The van der Waals surface area contributed by atoms with Crippen molar-refractivity contribution in [3.8, 4) is 11.6 Å². The van der Waals surface area contributed by atoms with E-state index in [1.165, 1.54) is 16.8 Å². The van der Waals surface area contributed by atoms with Crippen LogP contribution >= 0.6 is 0 Å². The van der Waals surface area contributed by atoms with E-state index in [0.717, 1.165) is 11.0 Å². The summed E-state index contributed by atoms with van der Waals surface area (Å²) in [5.41, 5.74) is 0.945. The molecule has 0 radical (unpaired) electrons. The average molecular weight is 534 g/mol. The van der Waals surface area contributed by atoms with Crippen LogP contribution < -0.4 is 9.47 Å². The second kappa shape index (κ2) is 9.23. The van der Waals surface area contributed by atoms with E-state index < -0.39 is 54.7 Å². The molecule has 0 N–H and O–H groups in total. The number of amides is 1. The maximum absolute atomic E-state index is 15.0. The number of para-hydroxylation sites is 1. The fraction of sp³-hybridized carbons (Fsp3) is 0.280. The zero-order chi connectivity index (χ0) is 27.2. The number of ether oxygens (including phenoxy) is 2. The number of pyridine rings is 1. The summed E-state index contributed by atoms with van der Waals surface area (Å²) in [6.07, 6.45) is -8.10. The number of halogens is 5. The number of nitrogens with zero attached hydrogens (tertiary/aromatic N) is 4. The van der Waals surface area contributed by atoms with Gasteiger partial charge in [-0.05, 0) is 18.2 Å². The predicted molar refractivity (Wildman–Crippen MR) is 124 cm³/mol. The maximum Gasteiger partial charge on any atom is 0.491 e. The summed E-state index contributed by atoms with van der Waals surface area (Å²) in [4.78, 5) is 30.1. The summed E-state index contributed by atoms with van der Waals surface area (Å²) >= 11 is 0. The van der Waals surface area contributed by atoms with Gasteiger partial charge in [0, 0.05) is 30.8 Å². The predicted octanol–water partition coefficient (Wildman–Crippen LogP) is 4.52. The SMILES string of the molecule is Cn1nc2ccccc2c1C(=O)N1CCC(F)(F)[C@@H](Oc2nc3ccccc3cc2OC(=O)C(F)(F)F)C1. The quantitative estimate of drug-likeness (QED) is 0.283. The zero-order valence-electron chi connectivity index (χ0n) is 19.7. The normalized spacial score (nSPS) is 17.5. The molecule has 1 atom stereocenters. The molecule has 0 spiro atoms. The van der Waals surface area contributed by atoms with E-state index in [1.807, 2.05) is 0 Å². The average Bonchev–Trinajstić information content (AvgIpc) is 3.20. The molecule has 3 heterocycles. The van der Waals surface area contributed by atoms with Gasteiger partial charge in [-0.1, -0.05) is 36.4 Å². The molecule has 8 nitrogen and oxygen atoms in total. The van der Waals surface area contributed by atoms with E-state index in [1.54, 1.807) is 43.4 Å². The highest BCUT2D eigenvalue weighted by molar-refractivity contribution is 6.05. The number of piperidine rings is 1.